The van der Waals surface area contributed by atoms with Crippen LogP contribution in [0.3, 0.4) is 0 Å². The number of para-hydroxylation sites is 1. The van der Waals surface area contributed by atoms with E-state index in [1.165, 1.54) is 0 Å². The zero-order valence-corrected chi connectivity index (χ0v) is 28.4. The Labute approximate surface area is 308 Å². The number of anilines is 1. The maximum atomic E-state index is 14.1. The van der Waals surface area contributed by atoms with Gasteiger partial charge in [0, 0.05) is 34.1 Å². The second-order valence-corrected chi connectivity index (χ2v) is 10.7. The summed E-state index contributed by atoms with van der Waals surface area (Å²) in [6.07, 6.45) is 5.71. The molecule has 0 bridgehead atoms. The predicted octanol–water partition coefficient (Wildman–Crippen LogP) is 3.08. The van der Waals surface area contributed by atoms with Gasteiger partial charge in [0.15, 0.2) is 0 Å². The summed E-state index contributed by atoms with van der Waals surface area (Å²) < 4.78 is 1.86. The molecular formula is C34H24KN5O2S2. The SMILES string of the molecule is O=C(NNC(=S)[S-])c1ccc(N2C(=O)/C(=C/c3cn(-c4ccccc4)nc3-c3ccccc3)C=C2c2ccccc2)cc1.[K+]. The number of hydrogen-bond donors (Lipinski definition) is 2. The first kappa shape index (κ1) is 31.7. The van der Waals surface area contributed by atoms with Gasteiger partial charge in [-0.05, 0) is 58.4 Å². The number of aromatic nitrogens is 2. The molecule has 0 radical (unpaired) electrons. The Morgan fingerprint density at radius 3 is 1.98 bits per heavy atom. The maximum absolute atomic E-state index is 14.1. The Balaban J connectivity index is 0.00000384. The smallest absolute Gasteiger partial charge is 0.410 e. The number of thiocarbonyl (C=S) groups is 1. The van der Waals surface area contributed by atoms with E-state index in [0.29, 0.717) is 16.8 Å². The predicted molar refractivity (Wildman–Crippen MR) is 176 cm³/mol. The zero-order valence-electron chi connectivity index (χ0n) is 23.7. The van der Waals surface area contributed by atoms with E-state index in [2.05, 4.69) is 10.9 Å². The number of rotatable bonds is 6. The molecule has 0 saturated carbocycles. The first-order valence-electron chi connectivity index (χ1n) is 13.4. The van der Waals surface area contributed by atoms with Gasteiger partial charge in [0.25, 0.3) is 11.8 Å². The molecule has 0 unspecified atom stereocenters. The molecule has 4 aromatic carbocycles. The Kier molecular flexibility index (Phi) is 10.3. The van der Waals surface area contributed by atoms with Gasteiger partial charge in [-0.15, -0.1) is 0 Å². The fourth-order valence-electron chi connectivity index (χ4n) is 4.83. The van der Waals surface area contributed by atoms with Crippen LogP contribution in [0.25, 0.3) is 28.7 Å². The number of benzene rings is 4. The van der Waals surface area contributed by atoms with Crippen molar-refractivity contribution in [1.82, 2.24) is 20.6 Å². The van der Waals surface area contributed by atoms with Crippen molar-refractivity contribution in [3.63, 3.8) is 0 Å². The second-order valence-electron chi connectivity index (χ2n) is 9.63. The zero-order chi connectivity index (χ0) is 29.8. The van der Waals surface area contributed by atoms with Crippen molar-refractivity contribution in [1.29, 1.82) is 0 Å². The van der Waals surface area contributed by atoms with Gasteiger partial charge in [-0.1, -0.05) is 78.9 Å². The summed E-state index contributed by atoms with van der Waals surface area (Å²) in [7, 11) is 0. The minimum atomic E-state index is -0.394. The number of amides is 2. The molecule has 7 nitrogen and oxygen atoms in total. The van der Waals surface area contributed by atoms with E-state index in [1.54, 1.807) is 29.2 Å². The number of hydrogen-bond acceptors (Lipinski definition) is 5. The van der Waals surface area contributed by atoms with Crippen LogP contribution in [-0.2, 0) is 17.4 Å². The quantitative estimate of drug-likeness (QED) is 0.0981. The number of nitrogens with zero attached hydrogens (tertiary/aromatic N) is 3. The molecule has 2 heterocycles. The summed E-state index contributed by atoms with van der Waals surface area (Å²) in [5, 5.41) is 4.89. The molecule has 0 atom stereocenters. The van der Waals surface area contributed by atoms with Crippen molar-refractivity contribution in [2.75, 3.05) is 4.90 Å². The molecule has 0 saturated heterocycles. The Morgan fingerprint density at radius 1 is 0.773 bits per heavy atom. The van der Waals surface area contributed by atoms with E-state index in [4.69, 9.17) is 29.9 Å². The molecule has 0 aliphatic carbocycles. The number of nitrogens with one attached hydrogen (secondary N) is 2. The van der Waals surface area contributed by atoms with Gasteiger partial charge in [0.1, 0.15) is 0 Å². The van der Waals surface area contributed by atoms with Gasteiger partial charge in [-0.3, -0.25) is 19.9 Å². The van der Waals surface area contributed by atoms with Gasteiger partial charge in [-0.25, -0.2) is 4.68 Å². The summed E-state index contributed by atoms with van der Waals surface area (Å²) in [5.41, 5.74) is 11.5. The normalized spacial score (nSPS) is 13.3. The number of hydrazine groups is 1. The van der Waals surface area contributed by atoms with Crippen molar-refractivity contribution in [3.8, 4) is 16.9 Å². The van der Waals surface area contributed by atoms with Gasteiger partial charge < -0.3 is 30.3 Å². The van der Waals surface area contributed by atoms with Gasteiger partial charge in [0.2, 0.25) is 0 Å². The molecule has 0 fully saturated rings. The van der Waals surface area contributed by atoms with E-state index in [-0.39, 0.29) is 61.6 Å². The van der Waals surface area contributed by atoms with Crippen LogP contribution in [0.2, 0.25) is 0 Å². The topological polar surface area (TPSA) is 79.3 Å². The summed E-state index contributed by atoms with van der Waals surface area (Å²) in [4.78, 5) is 28.2. The molecule has 2 N–H and O–H groups in total. The molecule has 5 aromatic rings. The van der Waals surface area contributed by atoms with Gasteiger partial charge >= 0.3 is 51.4 Å². The number of carbonyl (C=O) groups excluding carboxylic acids is 2. The van der Waals surface area contributed by atoms with E-state index in [1.807, 2.05) is 114 Å². The minimum absolute atomic E-state index is 0. The van der Waals surface area contributed by atoms with Gasteiger partial charge in [-0.2, -0.15) is 5.10 Å². The third kappa shape index (κ3) is 6.97. The average Bonchev–Trinajstić information content (AvgIpc) is 3.62. The third-order valence-corrected chi connectivity index (χ3v) is 7.04. The molecule has 210 valence electrons. The molecule has 6 rings (SSSR count). The van der Waals surface area contributed by atoms with Crippen LogP contribution < -0.4 is 67.1 Å². The summed E-state index contributed by atoms with van der Waals surface area (Å²) >= 11 is 9.55. The van der Waals surface area contributed by atoms with Gasteiger partial charge in [0.05, 0.1) is 17.1 Å². The van der Waals surface area contributed by atoms with Crippen LogP contribution in [0, 0.1) is 0 Å². The van der Waals surface area contributed by atoms with E-state index in [0.717, 1.165) is 33.8 Å². The molecule has 10 heteroatoms. The molecule has 0 spiro atoms. The first-order valence-corrected chi connectivity index (χ1v) is 14.2. The monoisotopic (exact) mass is 637 g/mol. The van der Waals surface area contributed by atoms with Crippen molar-refractivity contribution in [2.24, 2.45) is 0 Å². The molecule has 1 aromatic heterocycles. The maximum Gasteiger partial charge on any atom is 1.00 e. The fraction of sp³-hybridized carbons (Fsp3) is 0. The molecule has 1 aliphatic rings. The minimum Gasteiger partial charge on any atom is -0.410 e. The Bertz CT molecular complexity index is 1870. The number of carbonyl (C=O) groups is 2. The summed E-state index contributed by atoms with van der Waals surface area (Å²) in [5.74, 6) is -0.588. The molecule has 1 aliphatic heterocycles. The second kappa shape index (κ2) is 14.4. The molecule has 44 heavy (non-hydrogen) atoms. The van der Waals surface area contributed by atoms with Crippen molar-refractivity contribution < 1.29 is 61.0 Å². The van der Waals surface area contributed by atoms with Crippen molar-refractivity contribution >= 4 is 58.4 Å². The van der Waals surface area contributed by atoms with Crippen molar-refractivity contribution in [2.45, 2.75) is 0 Å². The Hall–Kier alpha value is -3.74. The van der Waals surface area contributed by atoms with Crippen LogP contribution in [-0.4, -0.2) is 25.9 Å². The molecular weight excluding hydrogens is 614 g/mol. The van der Waals surface area contributed by atoms with E-state index in [9.17, 15) is 9.59 Å². The largest absolute Gasteiger partial charge is 1.00 e. The summed E-state index contributed by atoms with van der Waals surface area (Å²) in [6, 6.07) is 36.2. The third-order valence-electron chi connectivity index (χ3n) is 6.84. The van der Waals surface area contributed by atoms with Crippen molar-refractivity contribution in [3.05, 3.63) is 150 Å². The van der Waals surface area contributed by atoms with E-state index < -0.39 is 5.91 Å². The van der Waals surface area contributed by atoms with Crippen LogP contribution in [0.1, 0.15) is 21.5 Å². The Morgan fingerprint density at radius 2 is 1.36 bits per heavy atom. The first-order chi connectivity index (χ1) is 21.0. The van der Waals surface area contributed by atoms with Crippen LogP contribution >= 0.6 is 12.2 Å². The fourth-order valence-corrected chi connectivity index (χ4v) is 4.93. The standard InChI is InChI=1S/C34H25N5O2S2.K/c40-32(35-36-34(42)43)25-16-18-29(19-17-25)39-30(23-10-4-1-5-11-23)21-26(33(39)41)20-27-22-38(28-14-8-3-9-15-28)37-31(27)24-12-6-2-7-13-24;/h1-22H,(H,35,40)(H2,36,42,43);/q;+1/p-1/b26-20+;. The average molecular weight is 638 g/mol. The van der Waals surface area contributed by atoms with Crippen LogP contribution in [0.5, 0.6) is 0 Å². The summed E-state index contributed by atoms with van der Waals surface area (Å²) in [6.45, 7) is 0. The van der Waals surface area contributed by atoms with Crippen LogP contribution in [0.15, 0.2) is 133 Å². The van der Waals surface area contributed by atoms with Crippen LogP contribution in [0.4, 0.5) is 5.69 Å². The molecule has 2 amide bonds. The van der Waals surface area contributed by atoms with E-state index >= 15 is 0 Å².